The average Bonchev–Trinajstić information content (AvgIpc) is 3.17. The van der Waals surface area contributed by atoms with E-state index < -0.39 is 0 Å². The molecule has 4 rings (SSSR count). The minimum absolute atomic E-state index is 0.0920. The predicted molar refractivity (Wildman–Crippen MR) is 110 cm³/mol. The molecule has 6 heteroatoms. The van der Waals surface area contributed by atoms with Crippen molar-refractivity contribution >= 4 is 0 Å². The number of aromatic nitrogens is 2. The molecule has 1 aliphatic heterocycles. The maximum atomic E-state index is 9.80. The van der Waals surface area contributed by atoms with E-state index >= 15 is 0 Å². The van der Waals surface area contributed by atoms with Gasteiger partial charge in [0.25, 0.3) is 0 Å². The van der Waals surface area contributed by atoms with Crippen molar-refractivity contribution in [2.75, 3.05) is 6.61 Å². The van der Waals surface area contributed by atoms with Crippen molar-refractivity contribution in [1.29, 1.82) is 5.26 Å². The molecule has 6 nitrogen and oxygen atoms in total. The SMILES string of the molecule is CCOc1ccc(-c2[nH]nc3c2[C@@H](c2ccc(CC)cc2)C(C#N)=C(N)O3)cc1. The van der Waals surface area contributed by atoms with Gasteiger partial charge >= 0.3 is 0 Å². The van der Waals surface area contributed by atoms with Gasteiger partial charge in [0.2, 0.25) is 11.8 Å². The highest BCUT2D eigenvalue weighted by atomic mass is 16.5. The smallest absolute Gasteiger partial charge is 0.244 e. The van der Waals surface area contributed by atoms with E-state index in [-0.39, 0.29) is 11.8 Å². The zero-order valence-corrected chi connectivity index (χ0v) is 16.4. The summed E-state index contributed by atoms with van der Waals surface area (Å²) in [7, 11) is 0. The van der Waals surface area contributed by atoms with Gasteiger partial charge in [-0.2, -0.15) is 5.26 Å². The summed E-state index contributed by atoms with van der Waals surface area (Å²) in [6.07, 6.45) is 0.950. The first-order valence-corrected chi connectivity index (χ1v) is 9.64. The number of hydrogen-bond acceptors (Lipinski definition) is 5. The number of nitrogens with zero attached hydrogens (tertiary/aromatic N) is 2. The zero-order valence-electron chi connectivity index (χ0n) is 16.4. The lowest BCUT2D eigenvalue weighted by Crippen LogP contribution is -2.21. The number of allylic oxidation sites excluding steroid dienone is 1. The second kappa shape index (κ2) is 7.72. The van der Waals surface area contributed by atoms with Gasteiger partial charge in [-0.1, -0.05) is 31.2 Å². The standard InChI is InChI=1S/C23H22N4O2/c1-3-14-5-7-15(8-6-14)19-18(13-24)22(25)29-23-20(19)21(26-27-23)16-9-11-17(12-10-16)28-4-2/h5-12,19H,3-4,25H2,1-2H3,(H,26,27)/t19-/m0/s1. The molecule has 1 aliphatic rings. The fourth-order valence-electron chi connectivity index (χ4n) is 3.63. The van der Waals surface area contributed by atoms with Crippen LogP contribution in [0.1, 0.15) is 36.5 Å². The number of H-pyrrole nitrogens is 1. The highest BCUT2D eigenvalue weighted by Gasteiger charge is 2.35. The summed E-state index contributed by atoms with van der Waals surface area (Å²) < 4.78 is 11.2. The quantitative estimate of drug-likeness (QED) is 0.683. The molecule has 3 N–H and O–H groups in total. The van der Waals surface area contributed by atoms with Crippen LogP contribution in [0.2, 0.25) is 0 Å². The lowest BCUT2D eigenvalue weighted by molar-refractivity contribution is 0.340. The summed E-state index contributed by atoms with van der Waals surface area (Å²) in [5.74, 6) is 0.939. The molecule has 0 unspecified atom stereocenters. The number of aryl methyl sites for hydroxylation is 1. The number of nitriles is 1. The molecule has 0 saturated heterocycles. The fourth-order valence-corrected chi connectivity index (χ4v) is 3.63. The van der Waals surface area contributed by atoms with Gasteiger partial charge in [0.05, 0.1) is 23.8 Å². The minimum atomic E-state index is -0.352. The van der Waals surface area contributed by atoms with Crippen molar-refractivity contribution in [3.05, 3.63) is 76.7 Å². The molecule has 0 amide bonds. The Morgan fingerprint density at radius 3 is 2.48 bits per heavy atom. The number of hydrogen-bond donors (Lipinski definition) is 2. The number of benzene rings is 2. The van der Waals surface area contributed by atoms with Crippen LogP contribution >= 0.6 is 0 Å². The molecular weight excluding hydrogens is 364 g/mol. The van der Waals surface area contributed by atoms with Gasteiger partial charge in [-0.05, 0) is 48.7 Å². The molecule has 3 aromatic rings. The van der Waals surface area contributed by atoms with E-state index in [2.05, 4.69) is 35.3 Å². The third-order valence-corrected chi connectivity index (χ3v) is 5.11. The van der Waals surface area contributed by atoms with Crippen molar-refractivity contribution in [2.45, 2.75) is 26.2 Å². The normalized spacial score (nSPS) is 15.4. The lowest BCUT2D eigenvalue weighted by atomic mass is 9.82. The van der Waals surface area contributed by atoms with Crippen LogP contribution in [-0.2, 0) is 6.42 Å². The number of rotatable bonds is 5. The van der Waals surface area contributed by atoms with Crippen LogP contribution in [-0.4, -0.2) is 16.8 Å². The van der Waals surface area contributed by atoms with Gasteiger partial charge in [-0.3, -0.25) is 5.10 Å². The van der Waals surface area contributed by atoms with Crippen LogP contribution in [0.5, 0.6) is 11.6 Å². The van der Waals surface area contributed by atoms with Gasteiger partial charge < -0.3 is 15.2 Å². The molecule has 0 saturated carbocycles. The van der Waals surface area contributed by atoms with Gasteiger partial charge in [-0.15, -0.1) is 5.10 Å². The van der Waals surface area contributed by atoms with E-state index in [1.165, 1.54) is 5.56 Å². The molecule has 0 fully saturated rings. The van der Waals surface area contributed by atoms with E-state index in [1.54, 1.807) is 0 Å². The number of fused-ring (bicyclic) bond motifs is 1. The maximum Gasteiger partial charge on any atom is 0.244 e. The first kappa shape index (κ1) is 18.6. The fraction of sp³-hybridized carbons (Fsp3) is 0.217. The maximum absolute atomic E-state index is 9.80. The average molecular weight is 386 g/mol. The monoisotopic (exact) mass is 386 g/mol. The highest BCUT2D eigenvalue weighted by Crippen LogP contribution is 2.45. The molecular formula is C23H22N4O2. The minimum Gasteiger partial charge on any atom is -0.494 e. The second-order valence-corrected chi connectivity index (χ2v) is 6.79. The summed E-state index contributed by atoms with van der Waals surface area (Å²) in [5.41, 5.74) is 11.2. The molecule has 1 aromatic heterocycles. The summed E-state index contributed by atoms with van der Waals surface area (Å²) in [4.78, 5) is 0. The molecule has 0 aliphatic carbocycles. The van der Waals surface area contributed by atoms with E-state index in [1.807, 2.05) is 43.3 Å². The summed E-state index contributed by atoms with van der Waals surface area (Å²) >= 11 is 0. The van der Waals surface area contributed by atoms with Crippen molar-refractivity contribution in [2.24, 2.45) is 5.73 Å². The van der Waals surface area contributed by atoms with E-state index in [4.69, 9.17) is 15.2 Å². The second-order valence-electron chi connectivity index (χ2n) is 6.79. The third-order valence-electron chi connectivity index (χ3n) is 5.11. The number of ether oxygens (including phenoxy) is 2. The van der Waals surface area contributed by atoms with Crippen LogP contribution < -0.4 is 15.2 Å². The van der Waals surface area contributed by atoms with E-state index in [0.717, 1.165) is 34.6 Å². The summed E-state index contributed by atoms with van der Waals surface area (Å²) in [5, 5.41) is 17.2. The number of nitrogens with one attached hydrogen (secondary N) is 1. The van der Waals surface area contributed by atoms with Crippen LogP contribution in [0, 0.1) is 11.3 Å². The molecule has 0 radical (unpaired) electrons. The molecule has 2 heterocycles. The Kier molecular flexibility index (Phi) is 4.96. The van der Waals surface area contributed by atoms with Gasteiger partial charge in [0.15, 0.2) is 0 Å². The molecule has 2 aromatic carbocycles. The van der Waals surface area contributed by atoms with Crippen LogP contribution in [0.4, 0.5) is 0 Å². The predicted octanol–water partition coefficient (Wildman–Crippen LogP) is 4.26. The Labute approximate surface area is 169 Å². The third kappa shape index (κ3) is 3.32. The topological polar surface area (TPSA) is 97.0 Å². The Bertz CT molecular complexity index is 1090. The van der Waals surface area contributed by atoms with Crippen molar-refractivity contribution < 1.29 is 9.47 Å². The molecule has 29 heavy (non-hydrogen) atoms. The molecule has 0 spiro atoms. The lowest BCUT2D eigenvalue weighted by Gasteiger charge is -2.24. The molecule has 1 atom stereocenters. The highest BCUT2D eigenvalue weighted by molar-refractivity contribution is 5.71. The van der Waals surface area contributed by atoms with Crippen molar-refractivity contribution in [3.8, 4) is 29.0 Å². The van der Waals surface area contributed by atoms with Crippen molar-refractivity contribution in [1.82, 2.24) is 10.2 Å². The number of aromatic amines is 1. The van der Waals surface area contributed by atoms with Gasteiger partial charge in [-0.25, -0.2) is 0 Å². The van der Waals surface area contributed by atoms with Gasteiger partial charge in [0, 0.05) is 5.56 Å². The Morgan fingerprint density at radius 1 is 1.14 bits per heavy atom. The molecule has 0 bridgehead atoms. The Hall–Kier alpha value is -3.72. The van der Waals surface area contributed by atoms with Crippen LogP contribution in [0.25, 0.3) is 11.3 Å². The first-order valence-electron chi connectivity index (χ1n) is 9.64. The Morgan fingerprint density at radius 2 is 1.86 bits per heavy atom. The van der Waals surface area contributed by atoms with Crippen molar-refractivity contribution in [3.63, 3.8) is 0 Å². The van der Waals surface area contributed by atoms with E-state index in [9.17, 15) is 5.26 Å². The van der Waals surface area contributed by atoms with Crippen LogP contribution in [0.3, 0.4) is 0 Å². The van der Waals surface area contributed by atoms with Crippen LogP contribution in [0.15, 0.2) is 60.0 Å². The number of nitrogens with two attached hydrogens (primary N) is 1. The van der Waals surface area contributed by atoms with E-state index in [0.29, 0.717) is 18.1 Å². The van der Waals surface area contributed by atoms with Gasteiger partial charge in [0.1, 0.15) is 17.4 Å². The summed E-state index contributed by atoms with van der Waals surface area (Å²) in [6, 6.07) is 18.2. The largest absolute Gasteiger partial charge is 0.494 e. The first-order chi connectivity index (χ1) is 14.2. The zero-order chi connectivity index (χ0) is 20.4. The summed E-state index contributed by atoms with van der Waals surface area (Å²) in [6.45, 7) is 4.67. The Balaban J connectivity index is 1.84. The molecule has 146 valence electrons.